The van der Waals surface area contributed by atoms with E-state index in [4.69, 9.17) is 10.00 Å². The number of hydrogen-bond donors (Lipinski definition) is 1. The second-order valence-electron chi connectivity index (χ2n) is 7.35. The highest BCUT2D eigenvalue weighted by Gasteiger charge is 2.31. The first-order valence-electron chi connectivity index (χ1n) is 10.4. The molecule has 0 bridgehead atoms. The third-order valence-corrected chi connectivity index (χ3v) is 4.98. The molecule has 2 aromatic rings. The van der Waals surface area contributed by atoms with Gasteiger partial charge in [0, 0.05) is 26.7 Å². The summed E-state index contributed by atoms with van der Waals surface area (Å²) in [5.41, 5.74) is 1.39. The number of ether oxygens (including phenoxy) is 1. The smallest absolute Gasteiger partial charge is 0.332 e. The number of nitrogens with zero attached hydrogens (tertiary/aromatic N) is 5. The minimum Gasteiger partial charge on any atom is -0.426 e. The number of carbonyl (C=O) groups excluding carboxylic acids is 2. The number of imide groups is 1. The largest absolute Gasteiger partial charge is 0.426 e. The van der Waals surface area contributed by atoms with Crippen LogP contribution in [0.1, 0.15) is 17.5 Å². The highest BCUT2D eigenvalue weighted by molar-refractivity contribution is 5.98. The summed E-state index contributed by atoms with van der Waals surface area (Å²) in [5, 5.41) is 18.2. The van der Waals surface area contributed by atoms with E-state index >= 15 is 0 Å². The highest BCUT2D eigenvalue weighted by atomic mass is 16.5. The molecule has 0 fully saturated rings. The van der Waals surface area contributed by atoms with Crippen molar-refractivity contribution in [2.45, 2.75) is 13.0 Å². The number of rotatable bonds is 6. The summed E-state index contributed by atoms with van der Waals surface area (Å²) in [4.78, 5) is 34.4. The number of amides is 3. The predicted molar refractivity (Wildman–Crippen MR) is 122 cm³/mol. The monoisotopic (exact) mass is 447 g/mol. The van der Waals surface area contributed by atoms with E-state index in [2.05, 4.69) is 11.6 Å². The number of amidine groups is 1. The van der Waals surface area contributed by atoms with Gasteiger partial charge in [-0.25, -0.2) is 4.79 Å². The molecule has 0 radical (unpaired) electrons. The third-order valence-electron chi connectivity index (χ3n) is 4.98. The molecule has 0 aliphatic carbocycles. The van der Waals surface area contributed by atoms with Crippen molar-refractivity contribution in [3.63, 3.8) is 0 Å². The fraction of sp³-hybridized carbons (Fsp3) is 0.250. The molecule has 3 amide bonds. The second-order valence-corrected chi connectivity index (χ2v) is 7.35. The lowest BCUT2D eigenvalue weighted by Gasteiger charge is -2.27. The minimum atomic E-state index is -0.582. The van der Waals surface area contributed by atoms with Gasteiger partial charge in [0.2, 0.25) is 5.91 Å². The molecule has 170 valence electrons. The van der Waals surface area contributed by atoms with Crippen molar-refractivity contribution in [3.05, 3.63) is 78.1 Å². The fourth-order valence-corrected chi connectivity index (χ4v) is 3.14. The Bertz CT molecular complexity index is 1080. The quantitative estimate of drug-likeness (QED) is 0.729. The van der Waals surface area contributed by atoms with Gasteiger partial charge < -0.3 is 14.7 Å². The molecular formula is C24H25N5O4. The summed E-state index contributed by atoms with van der Waals surface area (Å²) in [6, 6.07) is 17.5. The Labute approximate surface area is 192 Å². The van der Waals surface area contributed by atoms with E-state index in [1.165, 1.54) is 11.9 Å². The Hall–Kier alpha value is -4.16. The Kier molecular flexibility index (Phi) is 7.78. The number of hydrogen-bond acceptors (Lipinski definition) is 7. The van der Waals surface area contributed by atoms with Gasteiger partial charge in [0.1, 0.15) is 18.1 Å². The standard InChI is InChI=1S/C24H25N5O4/c1-18-26-23(33-21-11-9-19(15-25)10-12-21)28(16-20-7-4-3-5-8-20)17-22(31)29(13-6-14-30)24(32)27(18)2/h3-5,7-12,30H,1,6,13-14,16-17H2,2H3/b26-23+. The molecule has 33 heavy (non-hydrogen) atoms. The SMILES string of the molecule is C=C1/N=C(/Oc2ccc(C#N)cc2)N(Cc2ccccc2)CC(=O)N(CCCO)C(=O)N1C. The first-order chi connectivity index (χ1) is 15.9. The highest BCUT2D eigenvalue weighted by Crippen LogP contribution is 2.18. The lowest BCUT2D eigenvalue weighted by atomic mass is 10.2. The maximum absolute atomic E-state index is 13.1. The maximum Gasteiger partial charge on any atom is 0.332 e. The van der Waals surface area contributed by atoms with Gasteiger partial charge in [-0.05, 0) is 36.2 Å². The molecule has 1 aliphatic rings. The Morgan fingerprint density at radius 3 is 2.48 bits per heavy atom. The van der Waals surface area contributed by atoms with Gasteiger partial charge in [-0.1, -0.05) is 36.9 Å². The van der Waals surface area contributed by atoms with Crippen molar-refractivity contribution >= 4 is 18.0 Å². The average Bonchev–Trinajstić information content (AvgIpc) is 2.85. The molecular weight excluding hydrogens is 422 g/mol. The number of carbonyl (C=O) groups is 2. The summed E-state index contributed by atoms with van der Waals surface area (Å²) >= 11 is 0. The molecule has 9 nitrogen and oxygen atoms in total. The molecule has 0 saturated heterocycles. The molecule has 0 saturated carbocycles. The number of aliphatic hydroxyl groups is 1. The van der Waals surface area contributed by atoms with Crippen molar-refractivity contribution in [3.8, 4) is 11.8 Å². The lowest BCUT2D eigenvalue weighted by molar-refractivity contribution is -0.129. The third kappa shape index (κ3) is 5.96. The van der Waals surface area contributed by atoms with E-state index in [1.807, 2.05) is 36.4 Å². The van der Waals surface area contributed by atoms with E-state index in [1.54, 1.807) is 29.2 Å². The molecule has 1 heterocycles. The van der Waals surface area contributed by atoms with Crippen LogP contribution in [0.5, 0.6) is 5.75 Å². The average molecular weight is 447 g/mol. The Morgan fingerprint density at radius 1 is 1.15 bits per heavy atom. The van der Waals surface area contributed by atoms with Gasteiger partial charge in [-0.3, -0.25) is 14.6 Å². The van der Waals surface area contributed by atoms with Crippen molar-refractivity contribution in [1.82, 2.24) is 14.7 Å². The molecule has 9 heteroatoms. The molecule has 0 aromatic heterocycles. The van der Waals surface area contributed by atoms with E-state index in [0.29, 0.717) is 17.9 Å². The van der Waals surface area contributed by atoms with Crippen LogP contribution in [0.15, 0.2) is 72.0 Å². The maximum atomic E-state index is 13.1. The van der Waals surface area contributed by atoms with Crippen LogP contribution in [0, 0.1) is 11.3 Å². The molecule has 0 spiro atoms. The van der Waals surface area contributed by atoms with E-state index in [-0.39, 0.29) is 38.0 Å². The van der Waals surface area contributed by atoms with Crippen LogP contribution in [0.2, 0.25) is 0 Å². The zero-order valence-electron chi connectivity index (χ0n) is 18.3. The lowest BCUT2D eigenvalue weighted by Crippen LogP contribution is -2.48. The van der Waals surface area contributed by atoms with E-state index in [0.717, 1.165) is 10.5 Å². The molecule has 3 rings (SSSR count). The van der Waals surface area contributed by atoms with Crippen LogP contribution >= 0.6 is 0 Å². The van der Waals surface area contributed by atoms with Gasteiger partial charge in [0.05, 0.1) is 11.6 Å². The van der Waals surface area contributed by atoms with Crippen LogP contribution in [-0.2, 0) is 11.3 Å². The van der Waals surface area contributed by atoms with Crippen molar-refractivity contribution < 1.29 is 19.4 Å². The van der Waals surface area contributed by atoms with Crippen molar-refractivity contribution in [1.29, 1.82) is 5.26 Å². The second kappa shape index (κ2) is 10.9. The van der Waals surface area contributed by atoms with Crippen LogP contribution in [-0.4, -0.2) is 64.5 Å². The number of nitriles is 1. The summed E-state index contributed by atoms with van der Waals surface area (Å²) in [6.07, 6.45) is 0.256. The van der Waals surface area contributed by atoms with Gasteiger partial charge >= 0.3 is 6.03 Å². The van der Waals surface area contributed by atoms with Crippen LogP contribution < -0.4 is 4.74 Å². The molecule has 0 atom stereocenters. The Morgan fingerprint density at radius 2 is 1.85 bits per heavy atom. The van der Waals surface area contributed by atoms with Crippen molar-refractivity contribution in [2.24, 2.45) is 4.99 Å². The van der Waals surface area contributed by atoms with Crippen LogP contribution in [0.25, 0.3) is 0 Å². The summed E-state index contributed by atoms with van der Waals surface area (Å²) < 4.78 is 6.01. The number of benzene rings is 2. The predicted octanol–water partition coefficient (Wildman–Crippen LogP) is 2.54. The Balaban J connectivity index is 2.00. The topological polar surface area (TPSA) is 109 Å². The number of aliphatic hydroxyl groups excluding tert-OH is 1. The normalized spacial score (nSPS) is 16.5. The van der Waals surface area contributed by atoms with Gasteiger partial charge in [0.15, 0.2) is 0 Å². The zero-order chi connectivity index (χ0) is 23.8. The number of urea groups is 1. The summed E-state index contributed by atoms with van der Waals surface area (Å²) in [7, 11) is 1.47. The first kappa shape index (κ1) is 23.5. The molecule has 2 aromatic carbocycles. The van der Waals surface area contributed by atoms with Gasteiger partial charge in [-0.2, -0.15) is 10.3 Å². The summed E-state index contributed by atoms with van der Waals surface area (Å²) in [5.74, 6) is 0.0453. The van der Waals surface area contributed by atoms with Crippen LogP contribution in [0.4, 0.5) is 4.79 Å². The molecule has 1 aliphatic heterocycles. The number of aliphatic imine (C=N–C) groups is 1. The first-order valence-corrected chi connectivity index (χ1v) is 10.4. The van der Waals surface area contributed by atoms with Crippen LogP contribution in [0.3, 0.4) is 0 Å². The van der Waals surface area contributed by atoms with E-state index in [9.17, 15) is 14.7 Å². The molecule has 0 unspecified atom stereocenters. The van der Waals surface area contributed by atoms with E-state index < -0.39 is 11.9 Å². The zero-order valence-corrected chi connectivity index (χ0v) is 18.3. The fourth-order valence-electron chi connectivity index (χ4n) is 3.14. The van der Waals surface area contributed by atoms with Crippen molar-refractivity contribution in [2.75, 3.05) is 26.7 Å². The van der Waals surface area contributed by atoms with Gasteiger partial charge in [-0.15, -0.1) is 0 Å². The minimum absolute atomic E-state index is 0.0662. The summed E-state index contributed by atoms with van der Waals surface area (Å²) in [6.45, 7) is 3.90. The van der Waals surface area contributed by atoms with Gasteiger partial charge in [0.25, 0.3) is 6.02 Å². The molecule has 1 N–H and O–H groups in total.